The summed E-state index contributed by atoms with van der Waals surface area (Å²) in [5.41, 5.74) is 6.24. The molecule has 0 amide bonds. The molecule has 0 aromatic heterocycles. The summed E-state index contributed by atoms with van der Waals surface area (Å²) >= 11 is 0. The van der Waals surface area contributed by atoms with E-state index in [1.165, 1.54) is 12.1 Å². The van der Waals surface area contributed by atoms with Crippen molar-refractivity contribution in [3.05, 3.63) is 29.6 Å². The van der Waals surface area contributed by atoms with E-state index in [1.807, 2.05) is 6.92 Å². The van der Waals surface area contributed by atoms with Crippen molar-refractivity contribution in [3.8, 4) is 5.75 Å². The molecule has 0 fully saturated rings. The van der Waals surface area contributed by atoms with E-state index in [4.69, 9.17) is 10.5 Å². The van der Waals surface area contributed by atoms with E-state index in [2.05, 4.69) is 0 Å². The quantitative estimate of drug-likeness (QED) is 0.798. The standard InChI is InChI=1S/C11H16FNO2/c1-3-15-10-5-8(4-9(12)6-10)11(13)7(2)14/h4-7,11,14H,3,13H2,1-2H3. The van der Waals surface area contributed by atoms with Crippen molar-refractivity contribution in [1.82, 2.24) is 0 Å². The van der Waals surface area contributed by atoms with Gasteiger partial charge in [0, 0.05) is 6.07 Å². The van der Waals surface area contributed by atoms with Gasteiger partial charge in [0.15, 0.2) is 0 Å². The number of rotatable bonds is 4. The van der Waals surface area contributed by atoms with Gasteiger partial charge in [-0.1, -0.05) is 0 Å². The summed E-state index contributed by atoms with van der Waals surface area (Å²) in [6.07, 6.45) is -0.721. The van der Waals surface area contributed by atoms with Crippen molar-refractivity contribution in [2.24, 2.45) is 5.73 Å². The molecule has 0 bridgehead atoms. The topological polar surface area (TPSA) is 55.5 Å². The van der Waals surface area contributed by atoms with Gasteiger partial charge < -0.3 is 15.6 Å². The highest BCUT2D eigenvalue weighted by atomic mass is 19.1. The third kappa shape index (κ3) is 3.18. The van der Waals surface area contributed by atoms with Crippen LogP contribution < -0.4 is 10.5 Å². The summed E-state index contributed by atoms with van der Waals surface area (Å²) < 4.78 is 18.3. The second kappa shape index (κ2) is 5.09. The van der Waals surface area contributed by atoms with Crippen molar-refractivity contribution in [3.63, 3.8) is 0 Å². The zero-order valence-corrected chi connectivity index (χ0v) is 8.90. The van der Waals surface area contributed by atoms with Gasteiger partial charge in [-0.25, -0.2) is 4.39 Å². The minimum Gasteiger partial charge on any atom is -0.494 e. The summed E-state index contributed by atoms with van der Waals surface area (Å²) in [5.74, 6) is 0.0238. The predicted molar refractivity (Wildman–Crippen MR) is 56.2 cm³/mol. The molecule has 1 aromatic carbocycles. The Hall–Kier alpha value is -1.13. The van der Waals surface area contributed by atoms with Crippen LogP contribution in [-0.2, 0) is 0 Å². The number of nitrogens with two attached hydrogens (primary N) is 1. The number of hydrogen-bond acceptors (Lipinski definition) is 3. The van der Waals surface area contributed by atoms with Crippen LogP contribution in [0.4, 0.5) is 4.39 Å². The van der Waals surface area contributed by atoms with Gasteiger partial charge in [0.2, 0.25) is 0 Å². The predicted octanol–water partition coefficient (Wildman–Crippen LogP) is 1.60. The van der Waals surface area contributed by atoms with E-state index in [0.29, 0.717) is 17.9 Å². The monoisotopic (exact) mass is 213 g/mol. The zero-order chi connectivity index (χ0) is 11.4. The SMILES string of the molecule is CCOc1cc(F)cc(C(N)C(C)O)c1. The van der Waals surface area contributed by atoms with Crippen LogP contribution >= 0.6 is 0 Å². The Balaban J connectivity index is 2.97. The van der Waals surface area contributed by atoms with Crippen molar-refractivity contribution >= 4 is 0 Å². The van der Waals surface area contributed by atoms with Gasteiger partial charge in [0.05, 0.1) is 18.8 Å². The molecule has 0 spiro atoms. The highest BCUT2D eigenvalue weighted by Crippen LogP contribution is 2.22. The third-order valence-corrected chi connectivity index (χ3v) is 2.11. The molecule has 2 atom stereocenters. The molecule has 3 nitrogen and oxygen atoms in total. The molecule has 84 valence electrons. The Morgan fingerprint density at radius 3 is 2.67 bits per heavy atom. The Morgan fingerprint density at radius 1 is 1.47 bits per heavy atom. The van der Waals surface area contributed by atoms with E-state index >= 15 is 0 Å². The fourth-order valence-electron chi connectivity index (χ4n) is 1.31. The van der Waals surface area contributed by atoms with Gasteiger partial charge in [-0.3, -0.25) is 0 Å². The summed E-state index contributed by atoms with van der Waals surface area (Å²) in [6, 6.07) is 3.64. The lowest BCUT2D eigenvalue weighted by molar-refractivity contribution is 0.164. The highest BCUT2D eigenvalue weighted by molar-refractivity contribution is 5.31. The number of ether oxygens (including phenoxy) is 1. The van der Waals surface area contributed by atoms with Crippen LogP contribution in [0.15, 0.2) is 18.2 Å². The van der Waals surface area contributed by atoms with Gasteiger partial charge >= 0.3 is 0 Å². The van der Waals surface area contributed by atoms with Crippen LogP contribution in [0.25, 0.3) is 0 Å². The Labute approximate surface area is 88.7 Å². The molecule has 3 N–H and O–H groups in total. The molecule has 0 saturated heterocycles. The van der Waals surface area contributed by atoms with Crippen molar-refractivity contribution in [2.45, 2.75) is 26.0 Å². The third-order valence-electron chi connectivity index (χ3n) is 2.11. The van der Waals surface area contributed by atoms with E-state index in [1.54, 1.807) is 13.0 Å². The van der Waals surface area contributed by atoms with Crippen molar-refractivity contribution < 1.29 is 14.2 Å². The molecule has 0 heterocycles. The first-order chi connectivity index (χ1) is 7.04. The molecule has 0 radical (unpaired) electrons. The Kier molecular flexibility index (Phi) is 4.05. The molecule has 0 aliphatic carbocycles. The summed E-state index contributed by atoms with van der Waals surface area (Å²) in [6.45, 7) is 3.85. The lowest BCUT2D eigenvalue weighted by Gasteiger charge is -2.16. The minimum absolute atomic E-state index is 0.410. The van der Waals surface area contributed by atoms with Crippen LogP contribution in [-0.4, -0.2) is 17.8 Å². The Morgan fingerprint density at radius 2 is 2.13 bits per heavy atom. The maximum atomic E-state index is 13.2. The zero-order valence-electron chi connectivity index (χ0n) is 8.90. The van der Waals surface area contributed by atoms with Gasteiger partial charge in [0.1, 0.15) is 11.6 Å². The van der Waals surface area contributed by atoms with Crippen LogP contribution in [0.3, 0.4) is 0 Å². The largest absolute Gasteiger partial charge is 0.494 e. The summed E-state index contributed by atoms with van der Waals surface area (Å²) in [4.78, 5) is 0. The molecule has 15 heavy (non-hydrogen) atoms. The first-order valence-electron chi connectivity index (χ1n) is 4.91. The molecule has 1 aromatic rings. The van der Waals surface area contributed by atoms with E-state index in [-0.39, 0.29) is 0 Å². The second-order valence-electron chi connectivity index (χ2n) is 3.42. The molecule has 0 saturated carbocycles. The molecule has 2 unspecified atom stereocenters. The van der Waals surface area contributed by atoms with E-state index < -0.39 is 18.0 Å². The van der Waals surface area contributed by atoms with E-state index in [0.717, 1.165) is 0 Å². The van der Waals surface area contributed by atoms with Crippen molar-refractivity contribution in [1.29, 1.82) is 0 Å². The number of aliphatic hydroxyl groups excluding tert-OH is 1. The fourth-order valence-corrected chi connectivity index (χ4v) is 1.31. The second-order valence-corrected chi connectivity index (χ2v) is 3.42. The first kappa shape index (κ1) is 11.9. The molecule has 0 aliphatic heterocycles. The average molecular weight is 213 g/mol. The fraction of sp³-hybridized carbons (Fsp3) is 0.455. The highest BCUT2D eigenvalue weighted by Gasteiger charge is 2.14. The van der Waals surface area contributed by atoms with Crippen molar-refractivity contribution in [2.75, 3.05) is 6.61 Å². The lowest BCUT2D eigenvalue weighted by atomic mass is 10.0. The molecule has 4 heteroatoms. The number of benzene rings is 1. The summed E-state index contributed by atoms with van der Waals surface area (Å²) in [5, 5.41) is 9.30. The normalized spacial score (nSPS) is 14.7. The minimum atomic E-state index is -0.721. The van der Waals surface area contributed by atoms with Crippen LogP contribution in [0, 0.1) is 5.82 Å². The maximum Gasteiger partial charge on any atom is 0.127 e. The first-order valence-corrected chi connectivity index (χ1v) is 4.91. The summed E-state index contributed by atoms with van der Waals surface area (Å²) in [7, 11) is 0. The van der Waals surface area contributed by atoms with Crippen LogP contribution in [0.2, 0.25) is 0 Å². The average Bonchev–Trinajstić information content (AvgIpc) is 2.16. The maximum absolute atomic E-state index is 13.2. The Bertz CT molecular complexity index is 328. The van der Waals surface area contributed by atoms with Gasteiger partial charge in [-0.05, 0) is 31.5 Å². The molecule has 0 aliphatic rings. The van der Waals surface area contributed by atoms with Gasteiger partial charge in [-0.15, -0.1) is 0 Å². The molecule has 1 rings (SSSR count). The number of aliphatic hydroxyl groups is 1. The number of halogens is 1. The lowest BCUT2D eigenvalue weighted by Crippen LogP contribution is -2.23. The molecular formula is C11H16FNO2. The van der Waals surface area contributed by atoms with E-state index in [9.17, 15) is 9.50 Å². The molecular weight excluding hydrogens is 197 g/mol. The van der Waals surface area contributed by atoms with Gasteiger partial charge in [-0.2, -0.15) is 0 Å². The van der Waals surface area contributed by atoms with Gasteiger partial charge in [0.25, 0.3) is 0 Å². The van der Waals surface area contributed by atoms with Crippen LogP contribution in [0.5, 0.6) is 5.75 Å². The smallest absolute Gasteiger partial charge is 0.127 e. The van der Waals surface area contributed by atoms with Crippen LogP contribution in [0.1, 0.15) is 25.5 Å². The number of hydrogen-bond donors (Lipinski definition) is 2.